The van der Waals surface area contributed by atoms with Crippen LogP contribution in [0.5, 0.6) is 0 Å². The summed E-state index contributed by atoms with van der Waals surface area (Å²) in [6, 6.07) is 19.0. The molecule has 1 aromatic heterocycles. The number of aromatic nitrogens is 1. The quantitative estimate of drug-likeness (QED) is 0.519. The number of alkyl halides is 3. The number of rotatable bonds is 5. The summed E-state index contributed by atoms with van der Waals surface area (Å²) in [6.45, 7) is 1.16. The molecular formula is C25H21F3N4OS. The molecule has 0 saturated carbocycles. The van der Waals surface area contributed by atoms with Crippen molar-refractivity contribution in [2.45, 2.75) is 34.9 Å². The molecule has 1 N–H and O–H groups in total. The van der Waals surface area contributed by atoms with E-state index in [-0.39, 0.29) is 11.9 Å². The number of carbonyl (C=O) groups excluding carboxylic acids is 1. The van der Waals surface area contributed by atoms with Gasteiger partial charge in [-0.05, 0) is 49.2 Å². The van der Waals surface area contributed by atoms with Crippen LogP contribution in [0.25, 0.3) is 0 Å². The van der Waals surface area contributed by atoms with Crippen molar-refractivity contribution >= 4 is 23.5 Å². The van der Waals surface area contributed by atoms with Gasteiger partial charge < -0.3 is 10.2 Å². The Balaban J connectivity index is 1.38. The molecule has 2 aromatic carbocycles. The lowest BCUT2D eigenvalue weighted by molar-refractivity contribution is -0.137. The Hall–Kier alpha value is -3.51. The number of benzene rings is 2. The van der Waals surface area contributed by atoms with E-state index in [9.17, 15) is 23.2 Å². The molecule has 1 aliphatic rings. The molecule has 5 nitrogen and oxygen atoms in total. The minimum absolute atomic E-state index is 0.0531. The molecule has 0 atom stereocenters. The zero-order valence-electron chi connectivity index (χ0n) is 18.0. The normalized spacial score (nSPS) is 14.5. The summed E-state index contributed by atoms with van der Waals surface area (Å²) in [4.78, 5) is 20.5. The third-order valence-electron chi connectivity index (χ3n) is 5.59. The van der Waals surface area contributed by atoms with Gasteiger partial charge in [-0.15, -0.1) is 0 Å². The van der Waals surface area contributed by atoms with E-state index in [1.54, 1.807) is 24.3 Å². The van der Waals surface area contributed by atoms with Gasteiger partial charge >= 0.3 is 6.18 Å². The van der Waals surface area contributed by atoms with Crippen molar-refractivity contribution in [3.8, 4) is 6.07 Å². The lowest BCUT2D eigenvalue weighted by Crippen LogP contribution is -2.45. The first-order valence-electron chi connectivity index (χ1n) is 10.7. The Labute approximate surface area is 199 Å². The van der Waals surface area contributed by atoms with Gasteiger partial charge in [0.15, 0.2) is 0 Å². The highest BCUT2D eigenvalue weighted by molar-refractivity contribution is 7.99. The highest BCUT2D eigenvalue weighted by Gasteiger charge is 2.31. The zero-order valence-corrected chi connectivity index (χ0v) is 18.9. The molecule has 1 saturated heterocycles. The van der Waals surface area contributed by atoms with Crippen molar-refractivity contribution in [1.82, 2.24) is 10.3 Å². The second-order valence-corrected chi connectivity index (χ2v) is 8.93. The van der Waals surface area contributed by atoms with Crippen LogP contribution in [0, 0.1) is 11.3 Å². The SMILES string of the molecule is N#Cc1ccccc1Sc1ccccc1C(=O)NC1CCN(c2ccc(C(F)(F)F)cn2)CC1. The number of nitrogens with one attached hydrogen (secondary N) is 1. The maximum absolute atomic E-state index is 13.0. The van der Waals surface area contributed by atoms with E-state index < -0.39 is 11.7 Å². The fourth-order valence-electron chi connectivity index (χ4n) is 3.77. The molecule has 0 radical (unpaired) electrons. The predicted octanol–water partition coefficient (Wildman–Crippen LogP) is 5.52. The number of anilines is 1. The van der Waals surface area contributed by atoms with Crippen LogP contribution in [0.15, 0.2) is 76.7 Å². The molecule has 0 aliphatic carbocycles. The predicted molar refractivity (Wildman–Crippen MR) is 124 cm³/mol. The van der Waals surface area contributed by atoms with Crippen LogP contribution < -0.4 is 10.2 Å². The van der Waals surface area contributed by atoms with Crippen molar-refractivity contribution in [3.63, 3.8) is 0 Å². The first kappa shape index (κ1) is 23.6. The van der Waals surface area contributed by atoms with Crippen molar-refractivity contribution < 1.29 is 18.0 Å². The highest BCUT2D eigenvalue weighted by Crippen LogP contribution is 2.33. The van der Waals surface area contributed by atoms with Crippen LogP contribution in [0.1, 0.15) is 34.3 Å². The number of pyridine rings is 1. The molecule has 1 amide bonds. The number of amides is 1. The molecule has 3 aromatic rings. The van der Waals surface area contributed by atoms with Crippen LogP contribution in [-0.4, -0.2) is 30.0 Å². The summed E-state index contributed by atoms with van der Waals surface area (Å²) < 4.78 is 38.3. The van der Waals surface area contributed by atoms with E-state index in [1.165, 1.54) is 17.8 Å². The molecule has 1 aliphatic heterocycles. The lowest BCUT2D eigenvalue weighted by atomic mass is 10.0. The first-order valence-corrected chi connectivity index (χ1v) is 11.5. The fraction of sp³-hybridized carbons (Fsp3) is 0.240. The zero-order chi connectivity index (χ0) is 24.1. The highest BCUT2D eigenvalue weighted by atomic mass is 32.2. The molecule has 4 rings (SSSR count). The second-order valence-electron chi connectivity index (χ2n) is 7.84. The molecule has 0 unspecified atom stereocenters. The van der Waals surface area contributed by atoms with Crippen LogP contribution in [0.2, 0.25) is 0 Å². The molecular weight excluding hydrogens is 461 g/mol. The summed E-state index contributed by atoms with van der Waals surface area (Å²) >= 11 is 1.38. The monoisotopic (exact) mass is 482 g/mol. The van der Waals surface area contributed by atoms with Gasteiger partial charge in [0.05, 0.1) is 16.7 Å². The van der Waals surface area contributed by atoms with E-state index in [4.69, 9.17) is 0 Å². The van der Waals surface area contributed by atoms with Gasteiger partial charge in [0.1, 0.15) is 11.9 Å². The second kappa shape index (κ2) is 10.2. The maximum atomic E-state index is 13.0. The van der Waals surface area contributed by atoms with Gasteiger partial charge in [-0.2, -0.15) is 18.4 Å². The summed E-state index contributed by atoms with van der Waals surface area (Å²) in [5.41, 5.74) is 0.311. The standard InChI is InChI=1S/C25H21F3N4OS/c26-25(27,28)18-9-10-23(30-16-18)32-13-11-19(12-14-32)31-24(33)20-6-2-4-8-22(20)34-21-7-3-1-5-17(21)15-29/h1-10,16,19H,11-14H2,(H,31,33). The van der Waals surface area contributed by atoms with E-state index in [2.05, 4.69) is 16.4 Å². The van der Waals surface area contributed by atoms with Gasteiger partial charge in [0.25, 0.3) is 5.91 Å². The fourth-order valence-corrected chi connectivity index (χ4v) is 4.79. The average molecular weight is 483 g/mol. The number of piperidine rings is 1. The topological polar surface area (TPSA) is 69.0 Å². The number of carbonyl (C=O) groups is 1. The Morgan fingerprint density at radius 3 is 2.35 bits per heavy atom. The lowest BCUT2D eigenvalue weighted by Gasteiger charge is -2.33. The van der Waals surface area contributed by atoms with E-state index in [1.807, 2.05) is 29.2 Å². The molecule has 9 heteroatoms. The molecule has 0 spiro atoms. The molecule has 1 fully saturated rings. The van der Waals surface area contributed by atoms with Crippen molar-refractivity contribution in [1.29, 1.82) is 5.26 Å². The smallest absolute Gasteiger partial charge is 0.356 e. The van der Waals surface area contributed by atoms with Crippen LogP contribution in [-0.2, 0) is 6.18 Å². The van der Waals surface area contributed by atoms with E-state index in [0.717, 1.165) is 22.1 Å². The summed E-state index contributed by atoms with van der Waals surface area (Å²) in [5.74, 6) is 0.305. The van der Waals surface area contributed by atoms with Crippen molar-refractivity contribution in [2.24, 2.45) is 0 Å². The molecule has 174 valence electrons. The summed E-state index contributed by atoms with van der Waals surface area (Å²) in [6.07, 6.45) is -2.25. The van der Waals surface area contributed by atoms with E-state index >= 15 is 0 Å². The number of nitriles is 1. The van der Waals surface area contributed by atoms with Crippen LogP contribution in [0.3, 0.4) is 0 Å². The Bertz CT molecular complexity index is 1200. The van der Waals surface area contributed by atoms with Crippen LogP contribution >= 0.6 is 11.8 Å². The minimum Gasteiger partial charge on any atom is -0.356 e. The Morgan fingerprint density at radius 2 is 1.71 bits per heavy atom. The first-order chi connectivity index (χ1) is 16.3. The van der Waals surface area contributed by atoms with Gasteiger partial charge in [0, 0.05) is 35.1 Å². The average Bonchev–Trinajstić information content (AvgIpc) is 2.85. The van der Waals surface area contributed by atoms with Crippen molar-refractivity contribution in [3.05, 3.63) is 83.6 Å². The van der Waals surface area contributed by atoms with E-state index in [0.29, 0.717) is 42.9 Å². The molecule has 34 heavy (non-hydrogen) atoms. The number of hydrogen-bond donors (Lipinski definition) is 1. The van der Waals surface area contributed by atoms with Gasteiger partial charge in [-0.1, -0.05) is 36.0 Å². The maximum Gasteiger partial charge on any atom is 0.417 e. The number of nitrogens with zero attached hydrogens (tertiary/aromatic N) is 3. The molecule has 0 bridgehead atoms. The third-order valence-corrected chi connectivity index (χ3v) is 6.74. The Morgan fingerprint density at radius 1 is 1.03 bits per heavy atom. The third kappa shape index (κ3) is 5.51. The minimum atomic E-state index is -4.41. The molecule has 2 heterocycles. The van der Waals surface area contributed by atoms with Crippen LogP contribution in [0.4, 0.5) is 19.0 Å². The number of hydrogen-bond acceptors (Lipinski definition) is 5. The Kier molecular flexibility index (Phi) is 7.08. The van der Waals surface area contributed by atoms with Gasteiger partial charge in [-0.3, -0.25) is 4.79 Å². The number of halogens is 3. The summed E-state index contributed by atoms with van der Waals surface area (Å²) in [7, 11) is 0. The van der Waals surface area contributed by atoms with Gasteiger partial charge in [-0.25, -0.2) is 4.98 Å². The van der Waals surface area contributed by atoms with Crippen molar-refractivity contribution in [2.75, 3.05) is 18.0 Å². The van der Waals surface area contributed by atoms with Gasteiger partial charge in [0.2, 0.25) is 0 Å². The largest absolute Gasteiger partial charge is 0.417 e. The summed E-state index contributed by atoms with van der Waals surface area (Å²) in [5, 5.41) is 12.4.